The van der Waals surface area contributed by atoms with Gasteiger partial charge < -0.3 is 5.32 Å². The molecule has 0 saturated heterocycles. The first-order valence-corrected chi connectivity index (χ1v) is 5.06. The van der Waals surface area contributed by atoms with E-state index in [1.165, 1.54) is 12.8 Å². The summed E-state index contributed by atoms with van der Waals surface area (Å²) < 4.78 is 0. The number of unbranched alkanes of at least 4 members (excludes halogenated alkanes) is 1. The fourth-order valence-electron chi connectivity index (χ4n) is 1.42. The smallest absolute Gasteiger partial charge is 0.00900 e. The van der Waals surface area contributed by atoms with Crippen LogP contribution in [0.1, 0.15) is 40.0 Å². The zero-order valence-electron chi connectivity index (χ0n) is 8.77. The van der Waals surface area contributed by atoms with E-state index in [9.17, 15) is 0 Å². The Morgan fingerprint density at radius 1 is 1.42 bits per heavy atom. The van der Waals surface area contributed by atoms with Crippen molar-refractivity contribution in [3.63, 3.8) is 0 Å². The summed E-state index contributed by atoms with van der Waals surface area (Å²) >= 11 is 0. The van der Waals surface area contributed by atoms with Crippen LogP contribution in [0.2, 0.25) is 0 Å². The summed E-state index contributed by atoms with van der Waals surface area (Å²) in [6.45, 7) is 11.5. The molecule has 0 aliphatic rings. The Kier molecular flexibility index (Phi) is 7.17. The van der Waals surface area contributed by atoms with Gasteiger partial charge in [0.25, 0.3) is 0 Å². The first-order chi connectivity index (χ1) is 5.72. The molecule has 1 unspecified atom stereocenters. The highest BCUT2D eigenvalue weighted by atomic mass is 14.9. The molecule has 0 fully saturated rings. The molecule has 1 atom stereocenters. The van der Waals surface area contributed by atoms with Gasteiger partial charge in [-0.1, -0.05) is 26.8 Å². The molecule has 0 rings (SSSR count). The number of allylic oxidation sites excluding steroid dienone is 1. The van der Waals surface area contributed by atoms with Crippen molar-refractivity contribution in [3.8, 4) is 0 Å². The molecular formula is C11H23N. The summed E-state index contributed by atoms with van der Waals surface area (Å²) in [5, 5.41) is 3.51. The largest absolute Gasteiger partial charge is 0.314 e. The van der Waals surface area contributed by atoms with E-state index in [4.69, 9.17) is 0 Å². The topological polar surface area (TPSA) is 12.0 Å². The molecule has 0 amide bonds. The Bertz CT molecular complexity index is 108. The monoisotopic (exact) mass is 169 g/mol. The van der Waals surface area contributed by atoms with Gasteiger partial charge in [0.15, 0.2) is 0 Å². The molecule has 0 spiro atoms. The Morgan fingerprint density at radius 3 is 2.50 bits per heavy atom. The fraction of sp³-hybridized carbons (Fsp3) is 0.818. The van der Waals surface area contributed by atoms with Gasteiger partial charge in [0.1, 0.15) is 0 Å². The van der Waals surface area contributed by atoms with Crippen LogP contribution in [-0.2, 0) is 0 Å². The lowest BCUT2D eigenvalue weighted by Crippen LogP contribution is -2.33. The molecule has 12 heavy (non-hydrogen) atoms. The van der Waals surface area contributed by atoms with Crippen LogP contribution in [0.25, 0.3) is 0 Å². The minimum atomic E-state index is 0.690. The molecule has 0 radical (unpaired) electrons. The lowest BCUT2D eigenvalue weighted by Gasteiger charge is -2.21. The average Bonchev–Trinajstić information content (AvgIpc) is 2.03. The Hall–Kier alpha value is -0.300. The first kappa shape index (κ1) is 11.7. The van der Waals surface area contributed by atoms with Gasteiger partial charge in [0.05, 0.1) is 0 Å². The lowest BCUT2D eigenvalue weighted by molar-refractivity contribution is 0.378. The highest BCUT2D eigenvalue weighted by molar-refractivity contribution is 4.73. The average molecular weight is 169 g/mol. The third-order valence-electron chi connectivity index (χ3n) is 2.19. The highest BCUT2D eigenvalue weighted by Gasteiger charge is 2.09. The van der Waals surface area contributed by atoms with Gasteiger partial charge in [-0.15, -0.1) is 6.58 Å². The number of rotatable bonds is 7. The summed E-state index contributed by atoms with van der Waals surface area (Å²) in [6, 6.07) is 0.690. The van der Waals surface area contributed by atoms with Crippen molar-refractivity contribution in [2.75, 3.05) is 6.54 Å². The normalized spacial score (nSPS) is 13.3. The van der Waals surface area contributed by atoms with Crippen LogP contribution in [0.5, 0.6) is 0 Å². The van der Waals surface area contributed by atoms with Gasteiger partial charge in [0, 0.05) is 6.04 Å². The fourth-order valence-corrected chi connectivity index (χ4v) is 1.42. The molecule has 0 aromatic carbocycles. The van der Waals surface area contributed by atoms with Crippen LogP contribution in [0, 0.1) is 5.92 Å². The maximum Gasteiger partial charge on any atom is 0.00900 e. The predicted octanol–water partition coefficient (Wildman–Crippen LogP) is 2.98. The zero-order valence-corrected chi connectivity index (χ0v) is 8.77. The van der Waals surface area contributed by atoms with Gasteiger partial charge >= 0.3 is 0 Å². The van der Waals surface area contributed by atoms with E-state index in [-0.39, 0.29) is 0 Å². The molecule has 0 heterocycles. The molecule has 0 bridgehead atoms. The molecule has 0 aliphatic carbocycles. The van der Waals surface area contributed by atoms with Gasteiger partial charge in [-0.05, 0) is 31.7 Å². The highest BCUT2D eigenvalue weighted by Crippen LogP contribution is 2.09. The molecule has 0 aromatic rings. The molecule has 0 saturated carbocycles. The van der Waals surface area contributed by atoms with Crippen molar-refractivity contribution in [1.82, 2.24) is 5.32 Å². The molecule has 1 nitrogen and oxygen atoms in total. The van der Waals surface area contributed by atoms with E-state index >= 15 is 0 Å². The maximum atomic E-state index is 3.73. The van der Waals surface area contributed by atoms with E-state index in [2.05, 4.69) is 32.7 Å². The van der Waals surface area contributed by atoms with E-state index < -0.39 is 0 Å². The maximum absolute atomic E-state index is 3.73. The number of nitrogens with one attached hydrogen (secondary N) is 1. The second kappa shape index (κ2) is 7.35. The van der Waals surface area contributed by atoms with Crippen LogP contribution in [-0.4, -0.2) is 12.6 Å². The SMILES string of the molecule is C=CCCCC(NCC)C(C)C. The summed E-state index contributed by atoms with van der Waals surface area (Å²) in [4.78, 5) is 0. The molecular weight excluding hydrogens is 146 g/mol. The molecule has 0 aromatic heterocycles. The van der Waals surface area contributed by atoms with Crippen LogP contribution in [0.15, 0.2) is 12.7 Å². The van der Waals surface area contributed by atoms with Gasteiger partial charge in [-0.2, -0.15) is 0 Å². The Labute approximate surface area is 77.2 Å². The van der Waals surface area contributed by atoms with Crippen molar-refractivity contribution in [1.29, 1.82) is 0 Å². The summed E-state index contributed by atoms with van der Waals surface area (Å²) in [6.07, 6.45) is 5.69. The Balaban J connectivity index is 3.55. The van der Waals surface area contributed by atoms with Crippen molar-refractivity contribution in [2.45, 2.75) is 46.1 Å². The van der Waals surface area contributed by atoms with Crippen LogP contribution in [0.4, 0.5) is 0 Å². The van der Waals surface area contributed by atoms with Crippen LogP contribution < -0.4 is 5.32 Å². The molecule has 1 N–H and O–H groups in total. The van der Waals surface area contributed by atoms with Gasteiger partial charge in [-0.3, -0.25) is 0 Å². The summed E-state index contributed by atoms with van der Waals surface area (Å²) in [5.41, 5.74) is 0. The van der Waals surface area contributed by atoms with Gasteiger partial charge in [-0.25, -0.2) is 0 Å². The van der Waals surface area contributed by atoms with Crippen molar-refractivity contribution in [3.05, 3.63) is 12.7 Å². The summed E-state index contributed by atoms with van der Waals surface area (Å²) in [5.74, 6) is 0.745. The van der Waals surface area contributed by atoms with Crippen LogP contribution >= 0.6 is 0 Å². The van der Waals surface area contributed by atoms with Crippen molar-refractivity contribution >= 4 is 0 Å². The standard InChI is InChI=1S/C11H23N/c1-5-7-8-9-11(10(3)4)12-6-2/h5,10-12H,1,6-9H2,2-4H3. The lowest BCUT2D eigenvalue weighted by atomic mass is 9.98. The van der Waals surface area contributed by atoms with Crippen molar-refractivity contribution in [2.24, 2.45) is 5.92 Å². The number of hydrogen-bond acceptors (Lipinski definition) is 1. The number of hydrogen-bond donors (Lipinski definition) is 1. The van der Waals surface area contributed by atoms with E-state index in [1.807, 2.05) is 6.08 Å². The van der Waals surface area contributed by atoms with Crippen LogP contribution in [0.3, 0.4) is 0 Å². The van der Waals surface area contributed by atoms with E-state index in [0.717, 1.165) is 18.9 Å². The molecule has 0 aliphatic heterocycles. The minimum Gasteiger partial charge on any atom is -0.314 e. The second-order valence-electron chi connectivity index (χ2n) is 3.63. The molecule has 1 heteroatoms. The molecule has 72 valence electrons. The van der Waals surface area contributed by atoms with Crippen molar-refractivity contribution < 1.29 is 0 Å². The second-order valence-corrected chi connectivity index (χ2v) is 3.63. The predicted molar refractivity (Wildman–Crippen MR) is 56.4 cm³/mol. The quantitative estimate of drug-likeness (QED) is 0.456. The zero-order chi connectivity index (χ0) is 9.40. The summed E-state index contributed by atoms with van der Waals surface area (Å²) in [7, 11) is 0. The van der Waals surface area contributed by atoms with E-state index in [0.29, 0.717) is 6.04 Å². The third kappa shape index (κ3) is 5.36. The minimum absolute atomic E-state index is 0.690. The van der Waals surface area contributed by atoms with Gasteiger partial charge in [0.2, 0.25) is 0 Å². The third-order valence-corrected chi connectivity index (χ3v) is 2.19. The Morgan fingerprint density at radius 2 is 2.08 bits per heavy atom. The first-order valence-electron chi connectivity index (χ1n) is 5.06. The van der Waals surface area contributed by atoms with E-state index in [1.54, 1.807) is 0 Å².